The van der Waals surface area contributed by atoms with Crippen LogP contribution in [0, 0.1) is 0 Å². The van der Waals surface area contributed by atoms with E-state index in [0.29, 0.717) is 36.3 Å². The highest BCUT2D eigenvalue weighted by Gasteiger charge is 2.27. The normalized spacial score (nSPS) is 18.0. The van der Waals surface area contributed by atoms with Crippen molar-refractivity contribution in [3.8, 4) is 0 Å². The number of amides is 1. The fourth-order valence-corrected chi connectivity index (χ4v) is 6.97. The largest absolute Gasteiger partial charge is 0.352 e. The molecule has 0 aliphatic carbocycles. The van der Waals surface area contributed by atoms with Crippen molar-refractivity contribution in [3.05, 3.63) is 74.0 Å². The summed E-state index contributed by atoms with van der Waals surface area (Å²) in [5.41, 5.74) is 2.79. The molecular formula is C25H26BrN3O4S. The van der Waals surface area contributed by atoms with Gasteiger partial charge in [0.05, 0.1) is 10.4 Å². The van der Waals surface area contributed by atoms with Crippen LogP contribution >= 0.6 is 15.9 Å². The zero-order chi connectivity index (χ0) is 24.0. The highest BCUT2D eigenvalue weighted by molar-refractivity contribution is 9.10. The molecule has 1 aromatic heterocycles. The second kappa shape index (κ2) is 8.94. The van der Waals surface area contributed by atoms with Gasteiger partial charge in [0.2, 0.25) is 15.5 Å². The van der Waals surface area contributed by atoms with Crippen LogP contribution in [-0.4, -0.2) is 42.8 Å². The lowest BCUT2D eigenvalue weighted by Gasteiger charge is -2.15. The lowest BCUT2D eigenvalue weighted by Crippen LogP contribution is -2.31. The quantitative estimate of drug-likeness (QED) is 0.514. The molecule has 2 aromatic carbocycles. The van der Waals surface area contributed by atoms with Gasteiger partial charge < -0.3 is 9.88 Å². The van der Waals surface area contributed by atoms with Crippen LogP contribution in [-0.2, 0) is 22.9 Å². The fourth-order valence-electron chi connectivity index (χ4n) is 4.94. The van der Waals surface area contributed by atoms with Gasteiger partial charge in [-0.2, -0.15) is 4.31 Å². The lowest BCUT2D eigenvalue weighted by atomic mass is 10.1. The van der Waals surface area contributed by atoms with Crippen LogP contribution in [0.5, 0.6) is 0 Å². The predicted octanol–water partition coefficient (Wildman–Crippen LogP) is 3.64. The van der Waals surface area contributed by atoms with Gasteiger partial charge in [0, 0.05) is 41.7 Å². The van der Waals surface area contributed by atoms with E-state index < -0.39 is 15.9 Å². The van der Waals surface area contributed by atoms with Crippen LogP contribution in [0.25, 0.3) is 10.9 Å². The molecule has 0 spiro atoms. The summed E-state index contributed by atoms with van der Waals surface area (Å²) in [6.45, 7) is 3.56. The molecule has 34 heavy (non-hydrogen) atoms. The summed E-state index contributed by atoms with van der Waals surface area (Å²) in [4.78, 5) is 26.3. The number of rotatable bonds is 6. The molecule has 9 heteroatoms. The van der Waals surface area contributed by atoms with E-state index in [1.807, 2.05) is 10.6 Å². The molecule has 5 rings (SSSR count). The molecule has 0 radical (unpaired) electrons. The smallest absolute Gasteiger partial charge is 0.256 e. The van der Waals surface area contributed by atoms with E-state index in [1.54, 1.807) is 36.5 Å². The number of hydrogen-bond acceptors (Lipinski definition) is 4. The van der Waals surface area contributed by atoms with Crippen LogP contribution in [0.3, 0.4) is 0 Å². The van der Waals surface area contributed by atoms with Crippen molar-refractivity contribution < 1.29 is 13.2 Å². The Morgan fingerprint density at radius 1 is 1.15 bits per heavy atom. The van der Waals surface area contributed by atoms with Gasteiger partial charge in [-0.05, 0) is 68.0 Å². The number of nitrogens with one attached hydrogen (secondary N) is 1. The average molecular weight is 544 g/mol. The third kappa shape index (κ3) is 4.10. The number of halogens is 1. The number of carbonyl (C=O) groups is 1. The molecule has 2 aliphatic rings. The van der Waals surface area contributed by atoms with Gasteiger partial charge in [-0.25, -0.2) is 8.42 Å². The average Bonchev–Trinajstić information content (AvgIpc) is 3.45. The van der Waals surface area contributed by atoms with Crippen molar-refractivity contribution >= 4 is 42.8 Å². The topological polar surface area (TPSA) is 88.5 Å². The summed E-state index contributed by atoms with van der Waals surface area (Å²) in [5.74, 6) is -0.399. The zero-order valence-corrected chi connectivity index (χ0v) is 21.3. The summed E-state index contributed by atoms with van der Waals surface area (Å²) in [6.07, 6.45) is 4.83. The van der Waals surface area contributed by atoms with Gasteiger partial charge in [0.15, 0.2) is 0 Å². The molecule has 1 fully saturated rings. The summed E-state index contributed by atoms with van der Waals surface area (Å²) < 4.78 is 29.7. The summed E-state index contributed by atoms with van der Waals surface area (Å²) >= 11 is 3.48. The molecule has 7 nitrogen and oxygen atoms in total. The molecule has 1 saturated heterocycles. The minimum Gasteiger partial charge on any atom is -0.352 e. The number of carbonyl (C=O) groups excluding carboxylic acids is 1. The maximum atomic E-state index is 13.1. The van der Waals surface area contributed by atoms with Gasteiger partial charge in [0.25, 0.3) is 5.91 Å². The standard InChI is InChI=1S/C25H26BrN3O4S/c1-16-12-18-13-19(26)14-21-23(18)29(16)15-22(24(21)30)25(31)27-9-8-17-4-6-20(7-5-17)34(32,33)28-10-2-3-11-28/h4-7,13-16H,2-3,8-12H2,1H3,(H,27,31)/t16-/m0/s1. The molecule has 0 saturated carbocycles. The van der Waals surface area contributed by atoms with Crippen molar-refractivity contribution in [2.45, 2.75) is 43.5 Å². The summed E-state index contributed by atoms with van der Waals surface area (Å²) in [6, 6.07) is 10.8. The van der Waals surface area contributed by atoms with Gasteiger partial charge in [-0.15, -0.1) is 0 Å². The van der Waals surface area contributed by atoms with E-state index >= 15 is 0 Å². The molecule has 0 bridgehead atoms. The first kappa shape index (κ1) is 23.3. The van der Waals surface area contributed by atoms with Crippen molar-refractivity contribution in [1.82, 2.24) is 14.2 Å². The van der Waals surface area contributed by atoms with E-state index in [9.17, 15) is 18.0 Å². The Balaban J connectivity index is 1.28. The van der Waals surface area contributed by atoms with Crippen LogP contribution in [0.15, 0.2) is 56.8 Å². The maximum Gasteiger partial charge on any atom is 0.256 e. The SMILES string of the molecule is C[C@H]1Cc2cc(Br)cc3c(=O)c(C(=O)NCCc4ccc(S(=O)(=O)N5CCCC5)cc4)cn1c23. The number of aromatic nitrogens is 1. The molecule has 1 amide bonds. The third-order valence-corrected chi connectivity index (χ3v) is 9.10. The Hall–Kier alpha value is -2.49. The number of pyridine rings is 1. The summed E-state index contributed by atoms with van der Waals surface area (Å²) in [7, 11) is -3.44. The predicted molar refractivity (Wildman–Crippen MR) is 135 cm³/mol. The minimum atomic E-state index is -3.44. The van der Waals surface area contributed by atoms with Crippen molar-refractivity contribution in [3.63, 3.8) is 0 Å². The van der Waals surface area contributed by atoms with E-state index in [1.165, 1.54) is 4.31 Å². The first-order chi connectivity index (χ1) is 16.3. The lowest BCUT2D eigenvalue weighted by molar-refractivity contribution is 0.0952. The van der Waals surface area contributed by atoms with Gasteiger partial charge in [-0.1, -0.05) is 28.1 Å². The third-order valence-electron chi connectivity index (χ3n) is 6.73. The first-order valence-electron chi connectivity index (χ1n) is 11.5. The van der Waals surface area contributed by atoms with E-state index in [2.05, 4.69) is 28.2 Å². The number of nitrogens with zero attached hydrogens (tertiary/aromatic N) is 2. The molecule has 2 aliphatic heterocycles. The van der Waals surface area contributed by atoms with Crippen LogP contribution in [0.2, 0.25) is 0 Å². The Morgan fingerprint density at radius 2 is 1.85 bits per heavy atom. The van der Waals surface area contributed by atoms with Gasteiger partial charge >= 0.3 is 0 Å². The Bertz CT molecular complexity index is 1440. The molecule has 0 unspecified atom stereocenters. The Labute approximate surface area is 206 Å². The number of benzene rings is 2. The number of hydrogen-bond donors (Lipinski definition) is 1. The molecule has 3 heterocycles. The summed E-state index contributed by atoms with van der Waals surface area (Å²) in [5, 5.41) is 3.40. The Morgan fingerprint density at radius 3 is 2.56 bits per heavy atom. The van der Waals surface area contributed by atoms with Crippen molar-refractivity contribution in [1.29, 1.82) is 0 Å². The molecule has 1 atom stereocenters. The van der Waals surface area contributed by atoms with Gasteiger partial charge in [0.1, 0.15) is 5.56 Å². The van der Waals surface area contributed by atoms with Crippen LogP contribution in [0.4, 0.5) is 0 Å². The first-order valence-corrected chi connectivity index (χ1v) is 13.7. The van der Waals surface area contributed by atoms with E-state index in [0.717, 1.165) is 40.4 Å². The maximum absolute atomic E-state index is 13.1. The molecule has 1 N–H and O–H groups in total. The molecular weight excluding hydrogens is 518 g/mol. The Kier molecular flexibility index (Phi) is 6.12. The van der Waals surface area contributed by atoms with Crippen LogP contribution < -0.4 is 10.7 Å². The fraction of sp³-hybridized carbons (Fsp3) is 0.360. The van der Waals surface area contributed by atoms with E-state index in [4.69, 9.17) is 0 Å². The second-order valence-electron chi connectivity index (χ2n) is 9.05. The monoisotopic (exact) mass is 543 g/mol. The van der Waals surface area contributed by atoms with Crippen molar-refractivity contribution in [2.75, 3.05) is 19.6 Å². The highest BCUT2D eigenvalue weighted by Crippen LogP contribution is 2.33. The van der Waals surface area contributed by atoms with Gasteiger partial charge in [-0.3, -0.25) is 9.59 Å². The zero-order valence-electron chi connectivity index (χ0n) is 18.9. The highest BCUT2D eigenvalue weighted by atomic mass is 79.9. The molecule has 3 aromatic rings. The van der Waals surface area contributed by atoms with Crippen molar-refractivity contribution in [2.24, 2.45) is 0 Å². The number of sulfonamides is 1. The van der Waals surface area contributed by atoms with Crippen LogP contribution in [0.1, 0.15) is 47.3 Å². The minimum absolute atomic E-state index is 0.136. The molecule has 178 valence electrons. The van der Waals surface area contributed by atoms with E-state index in [-0.39, 0.29) is 17.0 Å². The second-order valence-corrected chi connectivity index (χ2v) is 11.9.